The number of benzene rings is 1. The van der Waals surface area contributed by atoms with Gasteiger partial charge in [-0.05, 0) is 50.5 Å². The second-order valence-electron chi connectivity index (χ2n) is 5.46. The quantitative estimate of drug-likeness (QED) is 0.411. The summed E-state index contributed by atoms with van der Waals surface area (Å²) < 4.78 is 22.1. The second kappa shape index (κ2) is 25.4. The van der Waals surface area contributed by atoms with Gasteiger partial charge in [0.05, 0.1) is 6.61 Å². The molecular formula is C22H41NO5. The van der Waals surface area contributed by atoms with E-state index in [1.54, 1.807) is 0 Å². The van der Waals surface area contributed by atoms with Gasteiger partial charge in [-0.1, -0.05) is 13.8 Å². The Morgan fingerprint density at radius 1 is 0.750 bits per heavy atom. The van der Waals surface area contributed by atoms with Crippen LogP contribution in [0.25, 0.3) is 0 Å². The Labute approximate surface area is 171 Å². The number of anilines is 1. The van der Waals surface area contributed by atoms with E-state index >= 15 is 0 Å². The van der Waals surface area contributed by atoms with Crippen LogP contribution in [0.5, 0.6) is 5.75 Å². The largest absolute Gasteiger partial charge is 0.494 e. The van der Waals surface area contributed by atoms with E-state index in [4.69, 9.17) is 23.7 Å². The van der Waals surface area contributed by atoms with Crippen molar-refractivity contribution < 1.29 is 23.7 Å². The molecule has 0 aliphatic heterocycles. The zero-order chi connectivity index (χ0) is 21.3. The Morgan fingerprint density at radius 3 is 1.71 bits per heavy atom. The summed E-state index contributed by atoms with van der Waals surface area (Å²) in [5.74, 6) is 0.899. The fourth-order valence-electron chi connectivity index (χ4n) is 2.09. The van der Waals surface area contributed by atoms with Gasteiger partial charge in [0.2, 0.25) is 0 Å². The summed E-state index contributed by atoms with van der Waals surface area (Å²) in [6.45, 7) is 13.4. The summed E-state index contributed by atoms with van der Waals surface area (Å²) in [5, 5.41) is 3.08. The Kier molecular flexibility index (Phi) is 25.9. The van der Waals surface area contributed by atoms with E-state index in [1.807, 2.05) is 58.9 Å². The molecule has 0 aromatic heterocycles. The number of hydrogen-bond acceptors (Lipinski definition) is 6. The molecule has 6 heteroatoms. The molecule has 6 nitrogen and oxygen atoms in total. The van der Waals surface area contributed by atoms with Gasteiger partial charge in [-0.3, -0.25) is 0 Å². The van der Waals surface area contributed by atoms with Crippen LogP contribution in [0.2, 0.25) is 0 Å². The monoisotopic (exact) mass is 399 g/mol. The molecule has 28 heavy (non-hydrogen) atoms. The lowest BCUT2D eigenvalue weighted by Crippen LogP contribution is -2.05. The van der Waals surface area contributed by atoms with Crippen LogP contribution in [0.1, 0.15) is 46.5 Å². The highest BCUT2D eigenvalue weighted by Crippen LogP contribution is 2.15. The molecule has 164 valence electrons. The van der Waals surface area contributed by atoms with Gasteiger partial charge >= 0.3 is 0 Å². The summed E-state index contributed by atoms with van der Waals surface area (Å²) >= 11 is 0. The highest BCUT2D eigenvalue weighted by molar-refractivity contribution is 5.45. The van der Waals surface area contributed by atoms with E-state index in [9.17, 15) is 0 Å². The minimum absolute atomic E-state index is 0.682. The molecule has 0 heterocycles. The summed E-state index contributed by atoms with van der Waals surface area (Å²) in [5.41, 5.74) is 1.09. The minimum atomic E-state index is 0.682. The fraction of sp³-hybridized carbons (Fsp3) is 0.682. The molecule has 1 rings (SSSR count). The third-order valence-electron chi connectivity index (χ3n) is 3.45. The molecule has 0 saturated heterocycles. The third-order valence-corrected chi connectivity index (χ3v) is 3.45. The molecule has 0 aliphatic carbocycles. The van der Waals surface area contributed by atoms with Crippen LogP contribution in [0.15, 0.2) is 24.3 Å². The molecule has 1 aromatic rings. The van der Waals surface area contributed by atoms with E-state index in [-0.39, 0.29) is 0 Å². The molecular weight excluding hydrogens is 358 g/mol. The number of carbonyl (C=O) groups is 1. The lowest BCUT2D eigenvalue weighted by molar-refractivity contribution is -0.0979. The average molecular weight is 400 g/mol. The summed E-state index contributed by atoms with van der Waals surface area (Å²) in [4.78, 5) is 8.00. The lowest BCUT2D eigenvalue weighted by Gasteiger charge is -2.08. The maximum Gasteiger partial charge on any atom is 0.119 e. The Hall–Kier alpha value is -1.63. The van der Waals surface area contributed by atoms with Crippen LogP contribution in [-0.2, 0) is 19.0 Å². The normalized spacial score (nSPS) is 9.57. The van der Waals surface area contributed by atoms with E-state index in [0.29, 0.717) is 6.61 Å². The predicted molar refractivity (Wildman–Crippen MR) is 117 cm³/mol. The van der Waals surface area contributed by atoms with E-state index in [0.717, 1.165) is 76.8 Å². The van der Waals surface area contributed by atoms with Crippen LogP contribution < -0.4 is 10.1 Å². The molecule has 0 radical (unpaired) electrons. The van der Waals surface area contributed by atoms with Gasteiger partial charge in [-0.2, -0.15) is 0 Å². The second-order valence-corrected chi connectivity index (χ2v) is 5.46. The minimum Gasteiger partial charge on any atom is -0.494 e. The van der Waals surface area contributed by atoms with Crippen molar-refractivity contribution in [1.82, 2.24) is 0 Å². The SMILES string of the molecule is C=O.CC.CCOCCCOCCCCOCCCOc1ccc(NC)cc1. The van der Waals surface area contributed by atoms with E-state index < -0.39 is 0 Å². The van der Waals surface area contributed by atoms with Crippen molar-refractivity contribution in [2.24, 2.45) is 0 Å². The lowest BCUT2D eigenvalue weighted by atomic mass is 10.3. The molecule has 1 N–H and O–H groups in total. The number of unbranched alkanes of at least 4 members (excludes halogenated alkanes) is 1. The van der Waals surface area contributed by atoms with E-state index in [2.05, 4.69) is 5.32 Å². The topological polar surface area (TPSA) is 66.0 Å². The van der Waals surface area contributed by atoms with Gasteiger partial charge in [-0.15, -0.1) is 0 Å². The van der Waals surface area contributed by atoms with Crippen molar-refractivity contribution in [3.05, 3.63) is 24.3 Å². The number of ether oxygens (including phenoxy) is 4. The number of carbonyl (C=O) groups excluding carboxylic acids is 1. The van der Waals surface area contributed by atoms with Crippen LogP contribution in [0.4, 0.5) is 5.69 Å². The zero-order valence-corrected chi connectivity index (χ0v) is 18.3. The van der Waals surface area contributed by atoms with Crippen molar-refractivity contribution in [2.45, 2.75) is 46.5 Å². The molecule has 0 fully saturated rings. The van der Waals surface area contributed by atoms with Crippen LogP contribution in [-0.4, -0.2) is 60.1 Å². The Bertz CT molecular complexity index is 400. The van der Waals surface area contributed by atoms with Crippen molar-refractivity contribution in [3.8, 4) is 5.75 Å². The summed E-state index contributed by atoms with van der Waals surface area (Å²) in [6, 6.07) is 7.96. The molecule has 0 bridgehead atoms. The van der Waals surface area contributed by atoms with Crippen molar-refractivity contribution >= 4 is 12.5 Å². The number of rotatable bonds is 16. The molecule has 0 aliphatic rings. The Balaban J connectivity index is 0. The first-order valence-electron chi connectivity index (χ1n) is 10.3. The van der Waals surface area contributed by atoms with Gasteiger partial charge in [-0.25, -0.2) is 0 Å². The summed E-state index contributed by atoms with van der Waals surface area (Å²) in [6.07, 6.45) is 3.96. The first-order valence-corrected chi connectivity index (χ1v) is 10.3. The zero-order valence-electron chi connectivity index (χ0n) is 18.3. The molecule has 1 aromatic carbocycles. The fourth-order valence-corrected chi connectivity index (χ4v) is 2.09. The molecule has 0 spiro atoms. The van der Waals surface area contributed by atoms with Crippen LogP contribution in [0.3, 0.4) is 0 Å². The van der Waals surface area contributed by atoms with Gasteiger partial charge in [0.1, 0.15) is 12.5 Å². The Morgan fingerprint density at radius 2 is 1.21 bits per heavy atom. The van der Waals surface area contributed by atoms with Gasteiger partial charge in [0.25, 0.3) is 0 Å². The van der Waals surface area contributed by atoms with Crippen molar-refractivity contribution in [2.75, 3.05) is 58.6 Å². The molecule has 0 unspecified atom stereocenters. The first kappa shape index (κ1) is 28.6. The predicted octanol–water partition coefficient (Wildman–Crippen LogP) is 4.58. The molecule has 0 saturated carbocycles. The molecule has 0 amide bonds. The third kappa shape index (κ3) is 19.1. The highest BCUT2D eigenvalue weighted by atomic mass is 16.5. The summed E-state index contributed by atoms with van der Waals surface area (Å²) in [7, 11) is 1.90. The maximum absolute atomic E-state index is 8.00. The van der Waals surface area contributed by atoms with Crippen molar-refractivity contribution in [1.29, 1.82) is 0 Å². The van der Waals surface area contributed by atoms with E-state index in [1.165, 1.54) is 0 Å². The van der Waals surface area contributed by atoms with Crippen molar-refractivity contribution in [3.63, 3.8) is 0 Å². The van der Waals surface area contributed by atoms with Crippen LogP contribution >= 0.6 is 0 Å². The van der Waals surface area contributed by atoms with Gasteiger partial charge in [0, 0.05) is 58.8 Å². The standard InChI is InChI=1S/C19H33NO4.C2H6.CH2O/c1-3-21-14-6-15-22-12-4-5-13-23-16-7-17-24-19-10-8-18(20-2)9-11-19;2*1-2/h8-11,20H,3-7,12-17H2,1-2H3;1-2H3;1H2. The maximum atomic E-state index is 8.00. The van der Waals surface area contributed by atoms with Gasteiger partial charge < -0.3 is 29.1 Å². The first-order chi connectivity index (χ1) is 13.9. The highest BCUT2D eigenvalue weighted by Gasteiger charge is 1.96. The van der Waals surface area contributed by atoms with Crippen LogP contribution in [0, 0.1) is 0 Å². The van der Waals surface area contributed by atoms with Gasteiger partial charge in [0.15, 0.2) is 0 Å². The number of hydrogen-bond donors (Lipinski definition) is 1. The smallest absolute Gasteiger partial charge is 0.119 e. The number of nitrogens with one attached hydrogen (secondary N) is 1. The average Bonchev–Trinajstić information content (AvgIpc) is 2.77. The molecule has 0 atom stereocenters.